The molecular weight excluding hydrogens is 238 g/mol. The lowest BCUT2D eigenvalue weighted by Gasteiger charge is -2.11. The highest BCUT2D eigenvalue weighted by molar-refractivity contribution is 5.67. The summed E-state index contributed by atoms with van der Waals surface area (Å²) in [5.41, 5.74) is 11.2. The van der Waals surface area contributed by atoms with Crippen molar-refractivity contribution in [3.8, 4) is 17.0 Å². The molecule has 0 aliphatic rings. The Morgan fingerprint density at radius 1 is 1.26 bits per heavy atom. The predicted molar refractivity (Wildman–Crippen MR) is 77.4 cm³/mol. The average molecular weight is 259 g/mol. The minimum Gasteiger partial charge on any atom is -0.496 e. The van der Waals surface area contributed by atoms with E-state index in [1.165, 1.54) is 5.56 Å². The van der Waals surface area contributed by atoms with Gasteiger partial charge in [-0.15, -0.1) is 0 Å². The van der Waals surface area contributed by atoms with Crippen molar-refractivity contribution in [1.82, 2.24) is 9.78 Å². The van der Waals surface area contributed by atoms with Crippen molar-refractivity contribution >= 4 is 0 Å². The number of aromatic nitrogens is 2. The van der Waals surface area contributed by atoms with E-state index >= 15 is 0 Å². The van der Waals surface area contributed by atoms with Crippen LogP contribution in [0.25, 0.3) is 11.3 Å². The van der Waals surface area contributed by atoms with Gasteiger partial charge in [-0.3, -0.25) is 4.68 Å². The van der Waals surface area contributed by atoms with E-state index in [-0.39, 0.29) is 0 Å². The molecule has 0 unspecified atom stereocenters. The lowest BCUT2D eigenvalue weighted by atomic mass is 10.0. The number of hydrogen-bond acceptors (Lipinski definition) is 3. The molecule has 4 heteroatoms. The first-order valence-electron chi connectivity index (χ1n) is 6.45. The third kappa shape index (κ3) is 2.63. The van der Waals surface area contributed by atoms with Crippen LogP contribution in [-0.4, -0.2) is 23.4 Å². The molecular formula is C15H21N3O. The van der Waals surface area contributed by atoms with Crippen LogP contribution in [0.1, 0.15) is 16.7 Å². The second-order valence-corrected chi connectivity index (χ2v) is 4.86. The second kappa shape index (κ2) is 5.45. The molecule has 4 nitrogen and oxygen atoms in total. The lowest BCUT2D eigenvalue weighted by Crippen LogP contribution is -2.03. The molecule has 0 radical (unpaired) electrons. The molecule has 2 aromatic rings. The molecule has 1 heterocycles. The molecule has 0 aliphatic carbocycles. The number of nitrogens with zero attached hydrogens (tertiary/aromatic N) is 2. The minimum absolute atomic E-state index is 0.632. The van der Waals surface area contributed by atoms with Gasteiger partial charge >= 0.3 is 0 Å². The molecule has 0 bridgehead atoms. The van der Waals surface area contributed by atoms with Crippen LogP contribution in [0.15, 0.2) is 18.3 Å². The van der Waals surface area contributed by atoms with Crippen molar-refractivity contribution in [1.29, 1.82) is 0 Å². The second-order valence-electron chi connectivity index (χ2n) is 4.86. The summed E-state index contributed by atoms with van der Waals surface area (Å²) in [4.78, 5) is 0. The number of hydrogen-bond donors (Lipinski definition) is 1. The molecule has 2 rings (SSSR count). The Kier molecular flexibility index (Phi) is 3.90. The van der Waals surface area contributed by atoms with Gasteiger partial charge in [0, 0.05) is 18.8 Å². The zero-order valence-corrected chi connectivity index (χ0v) is 12.0. The molecule has 0 fully saturated rings. The fourth-order valence-corrected chi connectivity index (χ4v) is 2.53. The molecule has 0 amide bonds. The zero-order chi connectivity index (χ0) is 14.0. The highest BCUT2D eigenvalue weighted by Crippen LogP contribution is 2.30. The third-order valence-electron chi connectivity index (χ3n) is 3.26. The van der Waals surface area contributed by atoms with Gasteiger partial charge in [0.25, 0.3) is 0 Å². The van der Waals surface area contributed by atoms with Gasteiger partial charge in [-0.25, -0.2) is 0 Å². The minimum atomic E-state index is 0.632. The highest BCUT2D eigenvalue weighted by Gasteiger charge is 2.13. The summed E-state index contributed by atoms with van der Waals surface area (Å²) in [7, 11) is 3.64. The maximum absolute atomic E-state index is 5.67. The molecule has 0 saturated carbocycles. The Hall–Kier alpha value is -1.81. The van der Waals surface area contributed by atoms with Crippen LogP contribution in [0.3, 0.4) is 0 Å². The number of benzene rings is 1. The molecule has 0 saturated heterocycles. The Morgan fingerprint density at radius 2 is 1.89 bits per heavy atom. The maximum atomic E-state index is 5.67. The van der Waals surface area contributed by atoms with Gasteiger partial charge in [-0.1, -0.05) is 0 Å². The van der Waals surface area contributed by atoms with Gasteiger partial charge in [-0.2, -0.15) is 5.10 Å². The normalized spacial score (nSPS) is 10.8. The Morgan fingerprint density at radius 3 is 2.42 bits per heavy atom. The topological polar surface area (TPSA) is 53.1 Å². The quantitative estimate of drug-likeness (QED) is 0.916. The first kappa shape index (κ1) is 13.6. The molecule has 1 aromatic carbocycles. The van der Waals surface area contributed by atoms with Gasteiger partial charge < -0.3 is 10.5 Å². The van der Waals surface area contributed by atoms with Crippen LogP contribution < -0.4 is 10.5 Å². The number of nitrogens with two attached hydrogens (primary N) is 1. The van der Waals surface area contributed by atoms with Crippen LogP contribution in [0, 0.1) is 13.8 Å². The Bertz CT molecular complexity index is 564. The molecule has 0 atom stereocenters. The summed E-state index contributed by atoms with van der Waals surface area (Å²) in [6.45, 7) is 4.74. The third-order valence-corrected chi connectivity index (χ3v) is 3.26. The fraction of sp³-hybridized carbons (Fsp3) is 0.400. The van der Waals surface area contributed by atoms with Gasteiger partial charge in [0.2, 0.25) is 0 Å². The van der Waals surface area contributed by atoms with E-state index < -0.39 is 0 Å². The monoisotopic (exact) mass is 259 g/mol. The lowest BCUT2D eigenvalue weighted by molar-refractivity contribution is 0.408. The van der Waals surface area contributed by atoms with Crippen molar-refractivity contribution in [3.05, 3.63) is 35.0 Å². The molecule has 102 valence electrons. The summed E-state index contributed by atoms with van der Waals surface area (Å²) < 4.78 is 7.25. The standard InChI is InChI=1S/C15H21N3O/c1-10-7-13(8-11(2)15(10)19-4)14-12(5-6-16)9-18(3)17-14/h7-9H,5-6,16H2,1-4H3. The first-order valence-corrected chi connectivity index (χ1v) is 6.45. The van der Waals surface area contributed by atoms with E-state index in [1.54, 1.807) is 7.11 Å². The molecule has 2 N–H and O–H groups in total. The van der Waals surface area contributed by atoms with E-state index in [0.29, 0.717) is 6.54 Å². The smallest absolute Gasteiger partial charge is 0.124 e. The summed E-state index contributed by atoms with van der Waals surface area (Å²) in [5, 5.41) is 4.56. The summed E-state index contributed by atoms with van der Waals surface area (Å²) in [6, 6.07) is 4.24. The van der Waals surface area contributed by atoms with Crippen molar-refractivity contribution in [3.63, 3.8) is 0 Å². The number of ether oxygens (including phenoxy) is 1. The molecule has 1 aromatic heterocycles. The van der Waals surface area contributed by atoms with Crippen LogP contribution in [0.2, 0.25) is 0 Å². The van der Waals surface area contributed by atoms with Crippen LogP contribution >= 0.6 is 0 Å². The van der Waals surface area contributed by atoms with E-state index in [1.807, 2.05) is 17.9 Å². The molecule has 0 spiro atoms. The molecule has 0 aliphatic heterocycles. The largest absolute Gasteiger partial charge is 0.496 e. The highest BCUT2D eigenvalue weighted by atomic mass is 16.5. The van der Waals surface area contributed by atoms with Gasteiger partial charge in [0.1, 0.15) is 5.75 Å². The van der Waals surface area contributed by atoms with Crippen LogP contribution in [0.4, 0.5) is 0 Å². The van der Waals surface area contributed by atoms with E-state index in [9.17, 15) is 0 Å². The Labute approximate surface area is 114 Å². The van der Waals surface area contributed by atoms with Crippen molar-refractivity contribution < 1.29 is 4.74 Å². The van der Waals surface area contributed by atoms with E-state index in [2.05, 4.69) is 31.1 Å². The number of methoxy groups -OCH3 is 1. The number of rotatable bonds is 4. The van der Waals surface area contributed by atoms with Gasteiger partial charge in [-0.05, 0) is 55.6 Å². The van der Waals surface area contributed by atoms with Crippen molar-refractivity contribution in [2.75, 3.05) is 13.7 Å². The SMILES string of the molecule is COc1c(C)cc(-c2nn(C)cc2CCN)cc1C. The summed E-state index contributed by atoms with van der Waals surface area (Å²) in [5.74, 6) is 0.944. The Balaban J connectivity index is 2.53. The summed E-state index contributed by atoms with van der Waals surface area (Å²) in [6.07, 6.45) is 2.88. The van der Waals surface area contributed by atoms with Gasteiger partial charge in [0.05, 0.1) is 12.8 Å². The number of aryl methyl sites for hydroxylation is 3. The predicted octanol–water partition coefficient (Wildman–Crippen LogP) is 2.21. The zero-order valence-electron chi connectivity index (χ0n) is 12.0. The van der Waals surface area contributed by atoms with E-state index in [0.717, 1.165) is 34.6 Å². The van der Waals surface area contributed by atoms with Crippen molar-refractivity contribution in [2.24, 2.45) is 12.8 Å². The fourth-order valence-electron chi connectivity index (χ4n) is 2.53. The van der Waals surface area contributed by atoms with E-state index in [4.69, 9.17) is 10.5 Å². The first-order chi connectivity index (χ1) is 9.06. The van der Waals surface area contributed by atoms with Gasteiger partial charge in [0.15, 0.2) is 0 Å². The van der Waals surface area contributed by atoms with Crippen molar-refractivity contribution in [2.45, 2.75) is 20.3 Å². The van der Waals surface area contributed by atoms with Crippen LogP contribution in [-0.2, 0) is 13.5 Å². The maximum Gasteiger partial charge on any atom is 0.124 e. The molecule has 19 heavy (non-hydrogen) atoms. The average Bonchev–Trinajstić information content (AvgIpc) is 2.70. The summed E-state index contributed by atoms with van der Waals surface area (Å²) >= 11 is 0. The van der Waals surface area contributed by atoms with Crippen LogP contribution in [0.5, 0.6) is 5.75 Å².